The molecule has 0 spiro atoms. The van der Waals surface area contributed by atoms with Crippen LogP contribution in [0, 0.1) is 17.1 Å². The molecule has 2 aromatic heterocycles. The van der Waals surface area contributed by atoms with E-state index in [1.807, 2.05) is 18.3 Å². The highest BCUT2D eigenvalue weighted by Gasteiger charge is 2.10. The molecule has 0 fully saturated rings. The number of nitriles is 1. The van der Waals surface area contributed by atoms with Crippen molar-refractivity contribution >= 4 is 5.57 Å². The number of nitrogens with one attached hydrogen (secondary N) is 1. The lowest BCUT2D eigenvalue weighted by molar-refractivity contribution is 0.620. The molecule has 164 valence electrons. The van der Waals surface area contributed by atoms with Crippen molar-refractivity contribution in [2.75, 3.05) is 6.54 Å². The second kappa shape index (κ2) is 11.7. The maximum Gasteiger partial charge on any atom is 0.159 e. The first kappa shape index (κ1) is 23.0. The average Bonchev–Trinajstić information content (AvgIpc) is 2.82. The minimum absolute atomic E-state index is 0.357. The van der Waals surface area contributed by atoms with Crippen LogP contribution in [-0.2, 0) is 13.0 Å². The Morgan fingerprint density at radius 3 is 2.69 bits per heavy atom. The van der Waals surface area contributed by atoms with Crippen LogP contribution in [-0.4, -0.2) is 21.5 Å². The van der Waals surface area contributed by atoms with Gasteiger partial charge >= 0.3 is 0 Å². The zero-order valence-electron chi connectivity index (χ0n) is 18.2. The Kier molecular flexibility index (Phi) is 8.41. The lowest BCUT2D eigenvalue weighted by Crippen LogP contribution is -2.09. The van der Waals surface area contributed by atoms with Gasteiger partial charge in [-0.15, -0.1) is 0 Å². The second-order valence-electron chi connectivity index (χ2n) is 7.48. The van der Waals surface area contributed by atoms with Gasteiger partial charge < -0.3 is 11.1 Å². The zero-order chi connectivity index (χ0) is 22.8. The molecular weight excluding hydrogens is 403 g/mol. The molecule has 7 heteroatoms. The number of nitrogens with zero attached hydrogens (tertiary/aromatic N) is 4. The fourth-order valence-corrected chi connectivity index (χ4v) is 3.36. The van der Waals surface area contributed by atoms with Gasteiger partial charge in [-0.2, -0.15) is 5.26 Å². The Bertz CT molecular complexity index is 1100. The lowest BCUT2D eigenvalue weighted by Gasteiger charge is -2.12. The summed E-state index contributed by atoms with van der Waals surface area (Å²) in [5.41, 5.74) is 10.6. The van der Waals surface area contributed by atoms with E-state index in [1.54, 1.807) is 24.7 Å². The number of unbranched alkanes of at least 4 members (excludes halogenated alkanes) is 1. The summed E-state index contributed by atoms with van der Waals surface area (Å²) < 4.78 is 13.7. The van der Waals surface area contributed by atoms with Crippen LogP contribution in [0.1, 0.15) is 48.4 Å². The van der Waals surface area contributed by atoms with E-state index >= 15 is 0 Å². The summed E-state index contributed by atoms with van der Waals surface area (Å²) in [6, 6.07) is 9.14. The summed E-state index contributed by atoms with van der Waals surface area (Å²) in [6.45, 7) is 3.13. The summed E-state index contributed by atoms with van der Waals surface area (Å²) in [5.74, 6) is 0.237. The van der Waals surface area contributed by atoms with Crippen molar-refractivity contribution < 1.29 is 4.39 Å². The first-order valence-corrected chi connectivity index (χ1v) is 10.7. The summed E-state index contributed by atoms with van der Waals surface area (Å²) in [4.78, 5) is 12.9. The minimum atomic E-state index is -0.357. The molecule has 0 saturated carbocycles. The number of rotatable bonds is 10. The first-order valence-electron chi connectivity index (χ1n) is 10.7. The molecule has 3 aromatic rings. The van der Waals surface area contributed by atoms with Crippen LogP contribution in [0.4, 0.5) is 4.39 Å². The molecule has 0 radical (unpaired) electrons. The molecule has 0 bridgehead atoms. The van der Waals surface area contributed by atoms with Gasteiger partial charge in [-0.25, -0.2) is 14.4 Å². The maximum atomic E-state index is 13.7. The third-order valence-corrected chi connectivity index (χ3v) is 5.06. The van der Waals surface area contributed by atoms with Crippen LogP contribution in [0.5, 0.6) is 0 Å². The number of hydrogen-bond donors (Lipinski definition) is 2. The number of benzene rings is 1. The van der Waals surface area contributed by atoms with Crippen molar-refractivity contribution in [2.45, 2.75) is 39.2 Å². The average molecular weight is 431 g/mol. The molecule has 0 atom stereocenters. The number of hydrogen-bond acceptors (Lipinski definition) is 6. The van der Waals surface area contributed by atoms with E-state index in [1.165, 1.54) is 12.3 Å². The van der Waals surface area contributed by atoms with Crippen LogP contribution in [0.3, 0.4) is 0 Å². The van der Waals surface area contributed by atoms with E-state index in [4.69, 9.17) is 5.73 Å². The molecule has 2 heterocycles. The molecule has 3 N–H and O–H groups in total. The Hall–Kier alpha value is -3.63. The van der Waals surface area contributed by atoms with Gasteiger partial charge in [0.05, 0.1) is 17.8 Å². The Morgan fingerprint density at radius 1 is 1.19 bits per heavy atom. The fraction of sp³-hybridized carbons (Fsp3) is 0.280. The molecule has 0 aliphatic rings. The highest BCUT2D eigenvalue weighted by molar-refractivity contribution is 5.65. The smallest absolute Gasteiger partial charge is 0.159 e. The predicted molar refractivity (Wildman–Crippen MR) is 123 cm³/mol. The van der Waals surface area contributed by atoms with Gasteiger partial charge in [0.25, 0.3) is 0 Å². The molecule has 6 nitrogen and oxygen atoms in total. The standard InChI is InChI=1S/C25H27FN6/c1-2-3-4-20(21-10-23(26)17-30-15-21)14-29-16-22-9-18(11-28)5-6-24(22)25-31-12-19(7-8-27)13-32-25/h5-6,9-10,12-15,17,29H,2-4,7-8,16,27H2,1H3/b20-14+. The van der Waals surface area contributed by atoms with Crippen molar-refractivity contribution in [3.8, 4) is 17.5 Å². The van der Waals surface area contributed by atoms with Crippen molar-refractivity contribution in [1.29, 1.82) is 5.26 Å². The summed E-state index contributed by atoms with van der Waals surface area (Å²) >= 11 is 0. The van der Waals surface area contributed by atoms with Crippen LogP contribution in [0.2, 0.25) is 0 Å². The number of aromatic nitrogens is 3. The lowest BCUT2D eigenvalue weighted by atomic mass is 10.0. The number of pyridine rings is 1. The molecule has 0 saturated heterocycles. The largest absolute Gasteiger partial charge is 0.387 e. The number of nitrogens with two attached hydrogens (primary N) is 1. The van der Waals surface area contributed by atoms with Gasteiger partial charge in [0.2, 0.25) is 0 Å². The molecule has 0 aliphatic carbocycles. The fourth-order valence-electron chi connectivity index (χ4n) is 3.36. The number of allylic oxidation sites excluding steroid dienone is 1. The monoisotopic (exact) mass is 430 g/mol. The summed E-state index contributed by atoms with van der Waals surface area (Å²) in [5, 5.41) is 12.7. The van der Waals surface area contributed by atoms with E-state index in [2.05, 4.69) is 33.3 Å². The van der Waals surface area contributed by atoms with Gasteiger partial charge in [-0.1, -0.05) is 13.3 Å². The molecule has 0 amide bonds. The molecule has 32 heavy (non-hydrogen) atoms. The van der Waals surface area contributed by atoms with E-state index < -0.39 is 0 Å². The normalized spacial score (nSPS) is 11.2. The zero-order valence-corrected chi connectivity index (χ0v) is 18.2. The molecular formula is C25H27FN6. The van der Waals surface area contributed by atoms with Crippen molar-refractivity contribution in [3.63, 3.8) is 0 Å². The first-order chi connectivity index (χ1) is 15.6. The predicted octanol–water partition coefficient (Wildman–Crippen LogP) is 4.37. The van der Waals surface area contributed by atoms with Gasteiger partial charge in [-0.3, -0.25) is 4.98 Å². The van der Waals surface area contributed by atoms with E-state index in [0.29, 0.717) is 24.5 Å². The Morgan fingerprint density at radius 2 is 2.00 bits per heavy atom. The van der Waals surface area contributed by atoms with E-state index in [9.17, 15) is 9.65 Å². The van der Waals surface area contributed by atoms with Crippen LogP contribution in [0.25, 0.3) is 17.0 Å². The van der Waals surface area contributed by atoms with Crippen molar-refractivity contribution in [3.05, 3.63) is 83.3 Å². The van der Waals surface area contributed by atoms with Gasteiger partial charge in [0.15, 0.2) is 5.82 Å². The van der Waals surface area contributed by atoms with E-state index in [-0.39, 0.29) is 5.82 Å². The van der Waals surface area contributed by atoms with Gasteiger partial charge in [-0.05, 0) is 66.8 Å². The molecule has 1 aromatic carbocycles. The highest BCUT2D eigenvalue weighted by atomic mass is 19.1. The minimum Gasteiger partial charge on any atom is -0.387 e. The van der Waals surface area contributed by atoms with Crippen molar-refractivity contribution in [1.82, 2.24) is 20.3 Å². The van der Waals surface area contributed by atoms with Crippen LogP contribution in [0.15, 0.2) is 55.3 Å². The summed E-state index contributed by atoms with van der Waals surface area (Å²) in [6.07, 6.45) is 11.9. The number of halogens is 1. The quantitative estimate of drug-likeness (QED) is 0.495. The highest BCUT2D eigenvalue weighted by Crippen LogP contribution is 2.23. The third kappa shape index (κ3) is 6.19. The SMILES string of the molecule is CCCC/C(=C\NCc1cc(C#N)ccc1-c1ncc(CCN)cn1)c1cncc(F)c1. The Balaban J connectivity index is 1.85. The van der Waals surface area contributed by atoms with E-state index in [0.717, 1.165) is 53.5 Å². The molecule has 3 rings (SSSR count). The molecule has 0 aliphatic heterocycles. The van der Waals surface area contributed by atoms with Crippen LogP contribution < -0.4 is 11.1 Å². The molecule has 0 unspecified atom stereocenters. The Labute approximate surface area is 188 Å². The van der Waals surface area contributed by atoms with Crippen LogP contribution >= 0.6 is 0 Å². The van der Waals surface area contributed by atoms with Crippen molar-refractivity contribution in [2.24, 2.45) is 5.73 Å². The maximum absolute atomic E-state index is 13.7. The third-order valence-electron chi connectivity index (χ3n) is 5.06. The second-order valence-corrected chi connectivity index (χ2v) is 7.48. The topological polar surface area (TPSA) is 101 Å². The summed E-state index contributed by atoms with van der Waals surface area (Å²) in [7, 11) is 0. The van der Waals surface area contributed by atoms with Gasteiger partial charge in [0, 0.05) is 42.5 Å². The van der Waals surface area contributed by atoms with Gasteiger partial charge in [0.1, 0.15) is 5.82 Å².